The SMILES string of the molecule is Brc1ccc2[nH]c3c(c2c1)C1CCN3CC1. The van der Waals surface area contributed by atoms with E-state index in [2.05, 4.69) is 44.0 Å². The van der Waals surface area contributed by atoms with E-state index in [0.717, 1.165) is 5.92 Å². The highest BCUT2D eigenvalue weighted by atomic mass is 79.9. The Morgan fingerprint density at radius 2 is 2.06 bits per heavy atom. The normalized spacial score (nSPS) is 19.4. The van der Waals surface area contributed by atoms with Gasteiger partial charge in [0.05, 0.1) is 0 Å². The number of hydrogen-bond acceptors (Lipinski definition) is 1. The maximum Gasteiger partial charge on any atom is 0.110 e. The molecule has 3 aliphatic rings. The van der Waals surface area contributed by atoms with Gasteiger partial charge >= 0.3 is 0 Å². The van der Waals surface area contributed by atoms with Gasteiger partial charge in [-0.15, -0.1) is 0 Å². The Kier molecular flexibility index (Phi) is 1.73. The molecule has 4 heterocycles. The zero-order valence-corrected chi connectivity index (χ0v) is 10.5. The lowest BCUT2D eigenvalue weighted by Gasteiger charge is -2.40. The Hall–Kier alpha value is -0.960. The third kappa shape index (κ3) is 1.07. The number of H-pyrrole nitrogens is 1. The van der Waals surface area contributed by atoms with E-state index in [1.165, 1.54) is 47.1 Å². The van der Waals surface area contributed by atoms with Gasteiger partial charge in [0.2, 0.25) is 0 Å². The number of benzene rings is 1. The second-order valence-corrected chi connectivity index (χ2v) is 5.75. The lowest BCUT2D eigenvalue weighted by molar-refractivity contribution is 0.475. The molecule has 2 aromatic rings. The van der Waals surface area contributed by atoms with Crippen molar-refractivity contribution in [3.05, 3.63) is 28.2 Å². The van der Waals surface area contributed by atoms with Crippen LogP contribution in [0.3, 0.4) is 0 Å². The Morgan fingerprint density at radius 3 is 2.88 bits per heavy atom. The van der Waals surface area contributed by atoms with E-state index < -0.39 is 0 Å². The second-order valence-electron chi connectivity index (χ2n) is 4.84. The van der Waals surface area contributed by atoms with Gasteiger partial charge in [0.25, 0.3) is 0 Å². The quantitative estimate of drug-likeness (QED) is 0.779. The van der Waals surface area contributed by atoms with Crippen LogP contribution in [0.1, 0.15) is 24.3 Å². The number of halogens is 1. The number of rotatable bonds is 0. The smallest absolute Gasteiger partial charge is 0.110 e. The van der Waals surface area contributed by atoms with E-state index in [9.17, 15) is 0 Å². The molecule has 0 amide bonds. The standard InChI is InChI=1S/C13H13BrN2/c14-9-1-2-11-10(7-9)12-8-3-5-16(6-4-8)13(12)15-11/h1-2,7-8,15H,3-6H2. The summed E-state index contributed by atoms with van der Waals surface area (Å²) in [6, 6.07) is 6.55. The minimum absolute atomic E-state index is 0.781. The summed E-state index contributed by atoms with van der Waals surface area (Å²) in [4.78, 5) is 6.08. The van der Waals surface area contributed by atoms with Crippen molar-refractivity contribution in [3.63, 3.8) is 0 Å². The highest BCUT2D eigenvalue weighted by molar-refractivity contribution is 9.10. The van der Waals surface area contributed by atoms with Gasteiger partial charge in [-0.05, 0) is 37.0 Å². The summed E-state index contributed by atoms with van der Waals surface area (Å²) < 4.78 is 1.18. The fourth-order valence-electron chi connectivity index (χ4n) is 3.23. The van der Waals surface area contributed by atoms with Crippen LogP contribution in [0, 0.1) is 0 Å². The number of hydrogen-bond donors (Lipinski definition) is 1. The molecule has 0 unspecified atom stereocenters. The fraction of sp³-hybridized carbons (Fsp3) is 0.385. The monoisotopic (exact) mass is 276 g/mol. The van der Waals surface area contributed by atoms with Gasteiger partial charge in [-0.25, -0.2) is 0 Å². The molecule has 1 fully saturated rings. The van der Waals surface area contributed by atoms with Crippen molar-refractivity contribution >= 4 is 32.7 Å². The molecule has 82 valence electrons. The topological polar surface area (TPSA) is 19.0 Å². The second kappa shape index (κ2) is 3.04. The summed E-state index contributed by atoms with van der Waals surface area (Å²) >= 11 is 3.57. The molecule has 5 rings (SSSR count). The van der Waals surface area contributed by atoms with Crippen LogP contribution in [0.25, 0.3) is 10.9 Å². The molecule has 2 nitrogen and oxygen atoms in total. The van der Waals surface area contributed by atoms with Crippen LogP contribution in [-0.2, 0) is 0 Å². The summed E-state index contributed by atoms with van der Waals surface area (Å²) in [5.41, 5.74) is 2.85. The number of fused-ring (bicyclic) bond motifs is 3. The van der Waals surface area contributed by atoms with Crippen LogP contribution in [0.2, 0.25) is 0 Å². The summed E-state index contributed by atoms with van der Waals surface area (Å²) in [6.45, 7) is 2.46. The van der Waals surface area contributed by atoms with Crippen LogP contribution >= 0.6 is 15.9 Å². The van der Waals surface area contributed by atoms with Gasteiger partial charge in [0.15, 0.2) is 0 Å². The minimum Gasteiger partial charge on any atom is -0.358 e. The van der Waals surface area contributed by atoms with Crippen LogP contribution in [0.15, 0.2) is 22.7 Å². The third-order valence-corrected chi connectivity index (χ3v) is 4.49. The molecular weight excluding hydrogens is 264 g/mol. The number of nitrogens with one attached hydrogen (secondary N) is 1. The van der Waals surface area contributed by atoms with Gasteiger partial charge in [0.1, 0.15) is 5.82 Å². The number of anilines is 1. The molecule has 1 saturated heterocycles. The predicted octanol–water partition coefficient (Wildman–Crippen LogP) is 3.63. The lowest BCUT2D eigenvalue weighted by atomic mass is 9.84. The molecule has 0 atom stereocenters. The molecule has 0 saturated carbocycles. The number of aromatic nitrogens is 1. The lowest BCUT2D eigenvalue weighted by Crippen LogP contribution is -2.38. The van der Waals surface area contributed by atoms with Crippen molar-refractivity contribution < 1.29 is 0 Å². The van der Waals surface area contributed by atoms with Crippen molar-refractivity contribution in [3.8, 4) is 0 Å². The highest BCUT2D eigenvalue weighted by Crippen LogP contribution is 2.46. The highest BCUT2D eigenvalue weighted by Gasteiger charge is 2.33. The largest absolute Gasteiger partial charge is 0.358 e. The van der Waals surface area contributed by atoms with Crippen LogP contribution in [0.5, 0.6) is 0 Å². The van der Waals surface area contributed by atoms with E-state index in [1.807, 2.05) is 0 Å². The molecule has 2 bridgehead atoms. The first kappa shape index (κ1) is 9.11. The fourth-order valence-corrected chi connectivity index (χ4v) is 3.59. The van der Waals surface area contributed by atoms with Crippen molar-refractivity contribution in [1.29, 1.82) is 0 Å². The van der Waals surface area contributed by atoms with Crippen molar-refractivity contribution in [1.82, 2.24) is 4.98 Å². The molecule has 0 aliphatic carbocycles. The number of piperidine rings is 1. The summed E-state index contributed by atoms with van der Waals surface area (Å²) in [5, 5.41) is 1.42. The first-order valence-corrected chi connectivity index (χ1v) is 6.68. The van der Waals surface area contributed by atoms with Gasteiger partial charge in [-0.3, -0.25) is 0 Å². The first-order valence-electron chi connectivity index (χ1n) is 5.89. The molecule has 1 N–H and O–H groups in total. The molecule has 0 spiro atoms. The van der Waals surface area contributed by atoms with E-state index in [-0.39, 0.29) is 0 Å². The van der Waals surface area contributed by atoms with Gasteiger partial charge in [0, 0.05) is 34.0 Å². The maximum absolute atomic E-state index is 3.58. The molecule has 3 aliphatic heterocycles. The van der Waals surface area contributed by atoms with E-state index in [0.29, 0.717) is 0 Å². The van der Waals surface area contributed by atoms with Gasteiger partial charge < -0.3 is 9.88 Å². The molecule has 3 heteroatoms. The zero-order chi connectivity index (χ0) is 10.7. The number of nitrogens with zero attached hydrogens (tertiary/aromatic N) is 1. The summed E-state index contributed by atoms with van der Waals surface area (Å²) in [5.74, 6) is 2.17. The molecule has 0 radical (unpaired) electrons. The Bertz CT molecular complexity index is 565. The molecular formula is C13H13BrN2. The Labute approximate surface area is 103 Å². The maximum atomic E-state index is 3.58. The van der Waals surface area contributed by atoms with Crippen LogP contribution in [-0.4, -0.2) is 18.1 Å². The molecule has 1 aromatic heterocycles. The van der Waals surface area contributed by atoms with E-state index in [1.54, 1.807) is 5.56 Å². The summed E-state index contributed by atoms with van der Waals surface area (Å²) in [6.07, 6.45) is 2.65. The van der Waals surface area contributed by atoms with E-state index in [4.69, 9.17) is 0 Å². The number of aromatic amines is 1. The Balaban J connectivity index is 2.08. The average Bonchev–Trinajstić information content (AvgIpc) is 2.71. The summed E-state index contributed by atoms with van der Waals surface area (Å²) in [7, 11) is 0. The predicted molar refractivity (Wildman–Crippen MR) is 70.2 cm³/mol. The van der Waals surface area contributed by atoms with Crippen molar-refractivity contribution in [2.24, 2.45) is 0 Å². The van der Waals surface area contributed by atoms with Crippen LogP contribution in [0.4, 0.5) is 5.82 Å². The minimum atomic E-state index is 0.781. The van der Waals surface area contributed by atoms with Crippen LogP contribution < -0.4 is 4.90 Å². The third-order valence-electron chi connectivity index (χ3n) is 4.00. The van der Waals surface area contributed by atoms with Gasteiger partial charge in [-0.2, -0.15) is 0 Å². The first-order chi connectivity index (χ1) is 7.83. The average molecular weight is 277 g/mol. The Morgan fingerprint density at radius 1 is 1.25 bits per heavy atom. The van der Waals surface area contributed by atoms with Crippen molar-refractivity contribution in [2.75, 3.05) is 18.0 Å². The van der Waals surface area contributed by atoms with E-state index >= 15 is 0 Å². The zero-order valence-electron chi connectivity index (χ0n) is 8.96. The molecule has 1 aromatic carbocycles. The van der Waals surface area contributed by atoms with Crippen molar-refractivity contribution in [2.45, 2.75) is 18.8 Å². The van der Waals surface area contributed by atoms with Gasteiger partial charge in [-0.1, -0.05) is 15.9 Å². The molecule has 16 heavy (non-hydrogen) atoms.